The van der Waals surface area contributed by atoms with E-state index in [1.165, 1.54) is 11.8 Å². The molecule has 0 saturated carbocycles. The average Bonchev–Trinajstić information content (AvgIpc) is 2.75. The maximum atomic E-state index is 5.30. The summed E-state index contributed by atoms with van der Waals surface area (Å²) < 4.78 is 7.19. The fraction of sp³-hybridized carbons (Fsp3) is 0.400. The quantitative estimate of drug-likeness (QED) is 0.871. The molecule has 0 spiro atoms. The van der Waals surface area contributed by atoms with Gasteiger partial charge in [0.25, 0.3) is 0 Å². The van der Waals surface area contributed by atoms with Crippen molar-refractivity contribution in [2.24, 2.45) is 7.05 Å². The molecular formula is C10H14N6OS. The maximum Gasteiger partial charge on any atom is 0.322 e. The zero-order valence-electron chi connectivity index (χ0n) is 10.4. The van der Waals surface area contributed by atoms with Crippen LogP contribution in [0.2, 0.25) is 0 Å². The van der Waals surface area contributed by atoms with E-state index < -0.39 is 0 Å². The summed E-state index contributed by atoms with van der Waals surface area (Å²) in [6, 6.07) is 0.313. The fourth-order valence-electron chi connectivity index (χ4n) is 1.22. The molecule has 0 unspecified atom stereocenters. The Bertz CT molecular complexity index is 529. The summed E-state index contributed by atoms with van der Waals surface area (Å²) in [7, 11) is 3.67. The summed E-state index contributed by atoms with van der Waals surface area (Å²) in [5, 5.41) is 4.24. The minimum absolute atomic E-state index is 0.313. The highest BCUT2D eigenvalue weighted by atomic mass is 32.2. The first-order chi connectivity index (χ1) is 8.72. The number of nitrogens with one attached hydrogen (secondary N) is 1. The van der Waals surface area contributed by atoms with Gasteiger partial charge in [0.05, 0.1) is 6.61 Å². The normalized spacial score (nSPS) is 10.4. The number of anilines is 1. The largest absolute Gasteiger partial charge is 0.464 e. The summed E-state index contributed by atoms with van der Waals surface area (Å²) >= 11 is 1.36. The predicted molar refractivity (Wildman–Crippen MR) is 67.9 cm³/mol. The van der Waals surface area contributed by atoms with Gasteiger partial charge in [0, 0.05) is 26.5 Å². The molecule has 0 fully saturated rings. The number of hydrogen-bond donors (Lipinski definition) is 1. The number of aryl methyl sites for hydroxylation is 1. The van der Waals surface area contributed by atoms with E-state index in [4.69, 9.17) is 4.74 Å². The molecule has 18 heavy (non-hydrogen) atoms. The monoisotopic (exact) mass is 266 g/mol. The number of imidazole rings is 1. The summed E-state index contributed by atoms with van der Waals surface area (Å²) in [5.41, 5.74) is 0. The minimum atomic E-state index is 0.313. The first kappa shape index (κ1) is 12.6. The second-order valence-electron chi connectivity index (χ2n) is 3.33. The highest BCUT2D eigenvalue weighted by Crippen LogP contribution is 2.24. The van der Waals surface area contributed by atoms with Crippen molar-refractivity contribution in [1.29, 1.82) is 0 Å². The Kier molecular flexibility index (Phi) is 3.98. The van der Waals surface area contributed by atoms with Crippen LogP contribution in [0, 0.1) is 0 Å². The lowest BCUT2D eigenvalue weighted by Gasteiger charge is -2.06. The molecule has 0 aromatic carbocycles. The highest BCUT2D eigenvalue weighted by molar-refractivity contribution is 7.99. The van der Waals surface area contributed by atoms with E-state index >= 15 is 0 Å². The van der Waals surface area contributed by atoms with E-state index in [0.717, 1.165) is 5.16 Å². The van der Waals surface area contributed by atoms with Crippen LogP contribution in [0.5, 0.6) is 6.01 Å². The van der Waals surface area contributed by atoms with Crippen LogP contribution >= 0.6 is 11.8 Å². The van der Waals surface area contributed by atoms with Gasteiger partial charge >= 0.3 is 6.01 Å². The molecule has 96 valence electrons. The molecule has 0 radical (unpaired) electrons. The molecule has 1 N–H and O–H groups in total. The van der Waals surface area contributed by atoms with E-state index in [9.17, 15) is 0 Å². The number of nitrogens with zero attached hydrogens (tertiary/aromatic N) is 5. The van der Waals surface area contributed by atoms with Gasteiger partial charge in [-0.2, -0.15) is 15.0 Å². The predicted octanol–water partition coefficient (Wildman–Crippen LogP) is 1.20. The minimum Gasteiger partial charge on any atom is -0.464 e. The molecule has 2 aromatic heterocycles. The van der Waals surface area contributed by atoms with Crippen LogP contribution in [0.3, 0.4) is 0 Å². The van der Waals surface area contributed by atoms with E-state index in [1.54, 1.807) is 13.2 Å². The molecule has 0 atom stereocenters. The lowest BCUT2D eigenvalue weighted by Crippen LogP contribution is -2.05. The third-order valence-electron chi connectivity index (χ3n) is 2.05. The number of rotatable bonds is 5. The van der Waals surface area contributed by atoms with E-state index in [1.807, 2.05) is 24.7 Å². The molecular weight excluding hydrogens is 252 g/mol. The molecule has 0 aliphatic heterocycles. The Morgan fingerprint density at radius 2 is 2.22 bits per heavy atom. The molecule has 2 aromatic rings. The molecule has 0 amide bonds. The van der Waals surface area contributed by atoms with E-state index in [2.05, 4.69) is 25.3 Å². The van der Waals surface area contributed by atoms with Crippen LogP contribution in [0.15, 0.2) is 22.7 Å². The van der Waals surface area contributed by atoms with E-state index in [-0.39, 0.29) is 0 Å². The van der Waals surface area contributed by atoms with Crippen molar-refractivity contribution in [3.63, 3.8) is 0 Å². The van der Waals surface area contributed by atoms with Crippen molar-refractivity contribution in [3.05, 3.63) is 12.4 Å². The van der Waals surface area contributed by atoms with Gasteiger partial charge < -0.3 is 14.6 Å². The lowest BCUT2D eigenvalue weighted by molar-refractivity contribution is 0.308. The fourth-order valence-corrected chi connectivity index (χ4v) is 1.96. The van der Waals surface area contributed by atoms with Crippen LogP contribution in [0.1, 0.15) is 6.92 Å². The summed E-state index contributed by atoms with van der Waals surface area (Å²) in [4.78, 5) is 16.8. The summed E-state index contributed by atoms with van der Waals surface area (Å²) in [6.45, 7) is 2.40. The smallest absolute Gasteiger partial charge is 0.322 e. The SMILES string of the molecule is CCOc1nc(NC)nc(Sc2nccn2C)n1. The van der Waals surface area contributed by atoms with Crippen LogP contribution in [-0.2, 0) is 7.05 Å². The van der Waals surface area contributed by atoms with Crippen LogP contribution in [0.4, 0.5) is 5.95 Å². The summed E-state index contributed by atoms with van der Waals surface area (Å²) in [5.74, 6) is 0.477. The standard InChI is InChI=1S/C10H14N6OS/c1-4-17-8-13-7(11-2)14-9(15-8)18-10-12-5-6-16(10)3/h5-6H,4H2,1-3H3,(H,11,13,14,15). The van der Waals surface area contributed by atoms with Crippen molar-refractivity contribution >= 4 is 17.7 Å². The molecule has 0 bridgehead atoms. The molecule has 0 aliphatic rings. The van der Waals surface area contributed by atoms with Gasteiger partial charge in [-0.1, -0.05) is 0 Å². The Morgan fingerprint density at radius 3 is 2.83 bits per heavy atom. The number of hydrogen-bond acceptors (Lipinski definition) is 7. The van der Waals surface area contributed by atoms with Crippen molar-refractivity contribution < 1.29 is 4.74 Å². The maximum absolute atomic E-state index is 5.30. The third-order valence-corrected chi connectivity index (χ3v) is 2.99. The van der Waals surface area contributed by atoms with Gasteiger partial charge in [0.1, 0.15) is 0 Å². The molecule has 0 saturated heterocycles. The van der Waals surface area contributed by atoms with Crippen molar-refractivity contribution in [1.82, 2.24) is 24.5 Å². The average molecular weight is 266 g/mol. The number of aromatic nitrogens is 5. The van der Waals surface area contributed by atoms with Crippen molar-refractivity contribution in [3.8, 4) is 6.01 Å². The van der Waals surface area contributed by atoms with E-state index in [0.29, 0.717) is 23.7 Å². The van der Waals surface area contributed by atoms with Gasteiger partial charge in [-0.05, 0) is 18.7 Å². The first-order valence-electron chi connectivity index (χ1n) is 5.44. The molecule has 2 heterocycles. The van der Waals surface area contributed by atoms with Gasteiger partial charge in [0.15, 0.2) is 5.16 Å². The topological polar surface area (TPSA) is 77.8 Å². The van der Waals surface area contributed by atoms with Gasteiger partial charge in [0.2, 0.25) is 11.1 Å². The molecule has 7 nitrogen and oxygen atoms in total. The zero-order chi connectivity index (χ0) is 13.0. The first-order valence-corrected chi connectivity index (χ1v) is 6.26. The molecule has 2 rings (SSSR count). The Hall–Kier alpha value is -1.83. The number of ether oxygens (including phenoxy) is 1. The van der Waals surface area contributed by atoms with Crippen LogP contribution in [0.25, 0.3) is 0 Å². The van der Waals surface area contributed by atoms with Gasteiger partial charge in [-0.25, -0.2) is 4.98 Å². The van der Waals surface area contributed by atoms with Gasteiger partial charge in [-0.3, -0.25) is 0 Å². The van der Waals surface area contributed by atoms with Crippen LogP contribution in [-0.4, -0.2) is 38.2 Å². The van der Waals surface area contributed by atoms with Crippen molar-refractivity contribution in [2.75, 3.05) is 19.0 Å². The molecule has 0 aliphatic carbocycles. The second kappa shape index (κ2) is 5.67. The van der Waals surface area contributed by atoms with Gasteiger partial charge in [-0.15, -0.1) is 0 Å². The van der Waals surface area contributed by atoms with Crippen LogP contribution < -0.4 is 10.1 Å². The second-order valence-corrected chi connectivity index (χ2v) is 4.26. The highest BCUT2D eigenvalue weighted by Gasteiger charge is 2.10. The Labute approximate surface area is 109 Å². The van der Waals surface area contributed by atoms with Crippen molar-refractivity contribution in [2.45, 2.75) is 17.2 Å². The molecule has 8 heteroatoms. The third kappa shape index (κ3) is 2.89. The zero-order valence-corrected chi connectivity index (χ0v) is 11.2. The Morgan fingerprint density at radius 1 is 1.39 bits per heavy atom. The lowest BCUT2D eigenvalue weighted by atomic mass is 10.8. The Balaban J connectivity index is 2.26. The summed E-state index contributed by atoms with van der Waals surface area (Å²) in [6.07, 6.45) is 3.60.